The molecule has 0 spiro atoms. The summed E-state index contributed by atoms with van der Waals surface area (Å²) in [5, 5.41) is 3.30. The van der Waals surface area contributed by atoms with Crippen LogP contribution in [0.15, 0.2) is 41.3 Å². The maximum absolute atomic E-state index is 14.0. The molecule has 10 heteroatoms. The van der Waals surface area contributed by atoms with Crippen LogP contribution in [0.5, 0.6) is 0 Å². The molecule has 38 heavy (non-hydrogen) atoms. The Morgan fingerprint density at radius 3 is 2.74 bits per heavy atom. The van der Waals surface area contributed by atoms with Crippen LogP contribution >= 0.6 is 0 Å². The van der Waals surface area contributed by atoms with Crippen LogP contribution in [0.2, 0.25) is 0 Å². The summed E-state index contributed by atoms with van der Waals surface area (Å²) < 4.78 is 27.8. The number of anilines is 1. The average Bonchev–Trinajstić information content (AvgIpc) is 3.39. The lowest BCUT2D eigenvalue weighted by atomic mass is 10.0. The van der Waals surface area contributed by atoms with E-state index in [4.69, 9.17) is 0 Å². The molecule has 0 fully saturated rings. The predicted molar refractivity (Wildman–Crippen MR) is 143 cm³/mol. The first-order valence-corrected chi connectivity index (χ1v) is 12.5. The van der Waals surface area contributed by atoms with E-state index < -0.39 is 11.6 Å². The van der Waals surface area contributed by atoms with Crippen molar-refractivity contribution in [3.05, 3.63) is 80.8 Å². The highest BCUT2D eigenvalue weighted by molar-refractivity contribution is 6.02. The first-order chi connectivity index (χ1) is 18.1. The number of hydrogen-bond acceptors (Lipinski definition) is 5. The number of pyridine rings is 1. The molecule has 1 aliphatic rings. The number of aromatic amines is 2. The molecule has 8 nitrogen and oxygen atoms in total. The van der Waals surface area contributed by atoms with E-state index in [1.54, 1.807) is 19.1 Å². The fourth-order valence-electron chi connectivity index (χ4n) is 4.89. The van der Waals surface area contributed by atoms with Gasteiger partial charge in [0.05, 0.1) is 16.7 Å². The molecule has 0 radical (unpaired) electrons. The van der Waals surface area contributed by atoms with Crippen LogP contribution in [0.4, 0.5) is 14.5 Å². The van der Waals surface area contributed by atoms with Crippen molar-refractivity contribution in [2.75, 3.05) is 32.5 Å². The van der Waals surface area contributed by atoms with Gasteiger partial charge in [-0.3, -0.25) is 9.59 Å². The molecule has 5 rings (SSSR count). The molecule has 1 aliphatic heterocycles. The molecular formula is C28H30F2N6O2. The number of carbonyl (C=O) groups is 1. The monoisotopic (exact) mass is 520 g/mol. The quantitative estimate of drug-likeness (QED) is 0.326. The first-order valence-electron chi connectivity index (χ1n) is 12.5. The van der Waals surface area contributed by atoms with Crippen LogP contribution < -0.4 is 10.9 Å². The van der Waals surface area contributed by atoms with E-state index in [-0.39, 0.29) is 17.5 Å². The van der Waals surface area contributed by atoms with Crippen molar-refractivity contribution < 1.29 is 13.6 Å². The Labute approximate surface area is 218 Å². The van der Waals surface area contributed by atoms with Gasteiger partial charge >= 0.3 is 0 Å². The second kappa shape index (κ2) is 10.0. The number of likely N-dealkylation sites (N-methyl/N-ethyl adjacent to an activating group) is 1. The van der Waals surface area contributed by atoms with Crippen molar-refractivity contribution in [1.29, 1.82) is 0 Å². The SMILES string of the molecule is Cc1c(F)cc(F)cc1CC(C)Nc1cc[nH]c(=O)c1-c1nc2cc3c(cc2[nH]1)CN(CCN(C)C)C3=O. The Kier molecular flexibility index (Phi) is 6.75. The molecule has 2 aromatic carbocycles. The number of rotatable bonds is 8. The molecule has 3 N–H and O–H groups in total. The van der Waals surface area contributed by atoms with Gasteiger partial charge in [-0.1, -0.05) is 0 Å². The number of aromatic nitrogens is 3. The minimum absolute atomic E-state index is 0.0221. The van der Waals surface area contributed by atoms with E-state index in [0.717, 1.165) is 23.7 Å². The van der Waals surface area contributed by atoms with Crippen molar-refractivity contribution in [3.8, 4) is 11.4 Å². The zero-order valence-corrected chi connectivity index (χ0v) is 21.8. The van der Waals surface area contributed by atoms with Crippen molar-refractivity contribution >= 4 is 22.6 Å². The maximum atomic E-state index is 14.0. The van der Waals surface area contributed by atoms with Gasteiger partial charge in [-0.25, -0.2) is 13.8 Å². The fraction of sp³-hybridized carbons (Fsp3) is 0.321. The van der Waals surface area contributed by atoms with E-state index in [1.807, 2.05) is 36.9 Å². The van der Waals surface area contributed by atoms with Gasteiger partial charge in [0.25, 0.3) is 11.5 Å². The number of nitrogens with one attached hydrogen (secondary N) is 3. The van der Waals surface area contributed by atoms with E-state index in [0.29, 0.717) is 58.8 Å². The standard InChI is InChI=1S/C28H30F2N6O2/c1-15(9-17-10-19(29)12-21(30)16(17)2)32-22-5-6-31-27(37)25(22)26-33-23-11-18-14-36(8-7-35(3)4)28(38)20(18)13-24(23)34-26/h5-6,10-13,15H,7-9,14H2,1-4H3,(H,33,34)(H2,31,32,37). The van der Waals surface area contributed by atoms with E-state index in [9.17, 15) is 18.4 Å². The summed E-state index contributed by atoms with van der Waals surface area (Å²) in [6.45, 7) is 5.44. The lowest BCUT2D eigenvalue weighted by Crippen LogP contribution is -2.31. The minimum atomic E-state index is -0.624. The lowest BCUT2D eigenvalue weighted by molar-refractivity contribution is 0.0768. The summed E-state index contributed by atoms with van der Waals surface area (Å²) in [4.78, 5) is 40.3. The molecular weight excluding hydrogens is 490 g/mol. The number of benzene rings is 2. The Bertz CT molecular complexity index is 1590. The first kappa shape index (κ1) is 25.6. The molecule has 1 atom stereocenters. The number of carbonyl (C=O) groups excluding carboxylic acids is 1. The van der Waals surface area contributed by atoms with Crippen LogP contribution in [-0.2, 0) is 13.0 Å². The smallest absolute Gasteiger partial charge is 0.261 e. The zero-order valence-electron chi connectivity index (χ0n) is 21.8. The number of nitrogens with zero attached hydrogens (tertiary/aromatic N) is 3. The van der Waals surface area contributed by atoms with Gasteiger partial charge in [-0.15, -0.1) is 0 Å². The van der Waals surface area contributed by atoms with Crippen molar-refractivity contribution in [1.82, 2.24) is 24.8 Å². The Balaban J connectivity index is 1.42. The number of H-pyrrole nitrogens is 2. The average molecular weight is 521 g/mol. The minimum Gasteiger partial charge on any atom is -0.381 e. The van der Waals surface area contributed by atoms with Gasteiger partial charge in [-0.05, 0) is 75.3 Å². The van der Waals surface area contributed by atoms with E-state index in [1.165, 1.54) is 12.3 Å². The second-order valence-corrected chi connectivity index (χ2v) is 10.2. The number of fused-ring (bicyclic) bond motifs is 2. The van der Waals surface area contributed by atoms with E-state index >= 15 is 0 Å². The summed E-state index contributed by atoms with van der Waals surface area (Å²) in [7, 11) is 3.94. The molecule has 0 saturated heterocycles. The highest BCUT2D eigenvalue weighted by Gasteiger charge is 2.28. The van der Waals surface area contributed by atoms with Gasteiger partial charge in [-0.2, -0.15) is 0 Å². The molecule has 1 unspecified atom stereocenters. The van der Waals surface area contributed by atoms with Crippen molar-refractivity contribution in [2.24, 2.45) is 0 Å². The zero-order chi connectivity index (χ0) is 27.1. The number of amides is 1. The molecule has 198 valence electrons. The van der Waals surface area contributed by atoms with Crippen molar-refractivity contribution in [3.63, 3.8) is 0 Å². The van der Waals surface area contributed by atoms with Gasteiger partial charge in [0.1, 0.15) is 23.0 Å². The predicted octanol–water partition coefficient (Wildman–Crippen LogP) is 4.07. The molecule has 2 aromatic heterocycles. The third-order valence-electron chi connectivity index (χ3n) is 6.95. The van der Waals surface area contributed by atoms with Crippen LogP contribution in [0.3, 0.4) is 0 Å². The van der Waals surface area contributed by atoms with E-state index in [2.05, 4.69) is 20.3 Å². The van der Waals surface area contributed by atoms with Crippen LogP contribution in [0, 0.1) is 18.6 Å². The summed E-state index contributed by atoms with van der Waals surface area (Å²) in [6, 6.07) is 7.38. The summed E-state index contributed by atoms with van der Waals surface area (Å²) in [5.41, 5.74) is 4.33. The van der Waals surface area contributed by atoms with Crippen LogP contribution in [-0.4, -0.2) is 63.9 Å². The highest BCUT2D eigenvalue weighted by Crippen LogP contribution is 2.30. The van der Waals surface area contributed by atoms with Crippen LogP contribution in [0.25, 0.3) is 22.4 Å². The summed E-state index contributed by atoms with van der Waals surface area (Å²) in [6.07, 6.45) is 1.89. The number of imidazole rings is 1. The Hall–Kier alpha value is -4.05. The number of halogens is 2. The summed E-state index contributed by atoms with van der Waals surface area (Å²) in [5.74, 6) is -0.866. The van der Waals surface area contributed by atoms with Crippen molar-refractivity contribution in [2.45, 2.75) is 32.9 Å². The Morgan fingerprint density at radius 2 is 1.97 bits per heavy atom. The third kappa shape index (κ3) is 4.91. The molecule has 3 heterocycles. The largest absolute Gasteiger partial charge is 0.381 e. The third-order valence-corrected chi connectivity index (χ3v) is 6.95. The second-order valence-electron chi connectivity index (χ2n) is 10.2. The maximum Gasteiger partial charge on any atom is 0.261 e. The highest BCUT2D eigenvalue weighted by atomic mass is 19.1. The van der Waals surface area contributed by atoms with Gasteiger partial charge in [0.2, 0.25) is 0 Å². The fourth-order valence-corrected chi connectivity index (χ4v) is 4.89. The molecule has 0 aliphatic carbocycles. The topological polar surface area (TPSA) is 97.1 Å². The number of hydrogen-bond donors (Lipinski definition) is 3. The molecule has 4 aromatic rings. The summed E-state index contributed by atoms with van der Waals surface area (Å²) >= 11 is 0. The normalized spacial score (nSPS) is 14.0. The molecule has 0 bridgehead atoms. The van der Waals surface area contributed by atoms with Crippen LogP contribution in [0.1, 0.15) is 34.0 Å². The van der Waals surface area contributed by atoms with Gasteiger partial charge in [0.15, 0.2) is 0 Å². The van der Waals surface area contributed by atoms with Gasteiger partial charge in [0, 0.05) is 43.5 Å². The molecule has 0 saturated carbocycles. The lowest BCUT2D eigenvalue weighted by Gasteiger charge is -2.18. The molecule has 1 amide bonds. The van der Waals surface area contributed by atoms with Gasteiger partial charge < -0.3 is 25.1 Å². The Morgan fingerprint density at radius 1 is 1.18 bits per heavy atom.